The first-order chi connectivity index (χ1) is 9.02. The van der Waals surface area contributed by atoms with Gasteiger partial charge in [0.1, 0.15) is 16.7 Å². The second-order valence-corrected chi connectivity index (χ2v) is 4.95. The Bertz CT molecular complexity index is 660. The summed E-state index contributed by atoms with van der Waals surface area (Å²) < 4.78 is 0. The average Bonchev–Trinajstić information content (AvgIpc) is 2.38. The van der Waals surface area contributed by atoms with Crippen molar-refractivity contribution >= 4 is 46.2 Å². The lowest BCUT2D eigenvalue weighted by Crippen LogP contribution is -1.98. The lowest BCUT2D eigenvalue weighted by Gasteiger charge is -2.12. The Kier molecular flexibility index (Phi) is 4.16. The summed E-state index contributed by atoms with van der Waals surface area (Å²) in [7, 11) is 0. The molecule has 0 fully saturated rings. The number of hydrogen-bond donors (Lipinski definition) is 1. The molecule has 0 atom stereocenters. The van der Waals surface area contributed by atoms with Gasteiger partial charge in [0, 0.05) is 5.69 Å². The van der Waals surface area contributed by atoms with Crippen LogP contribution in [0.4, 0.5) is 11.4 Å². The number of nitrogens with one attached hydrogen (secondary N) is 1. The molecule has 3 nitrogen and oxygen atoms in total. The van der Waals surface area contributed by atoms with Crippen LogP contribution >= 0.6 is 34.8 Å². The van der Waals surface area contributed by atoms with Crippen LogP contribution < -0.4 is 5.32 Å². The molecule has 19 heavy (non-hydrogen) atoms. The van der Waals surface area contributed by atoms with Crippen molar-refractivity contribution in [3.05, 3.63) is 50.7 Å². The second-order valence-electron chi connectivity index (χ2n) is 3.86. The van der Waals surface area contributed by atoms with Crippen LogP contribution in [0.1, 0.15) is 11.1 Å². The van der Waals surface area contributed by atoms with Crippen molar-refractivity contribution in [1.82, 2.24) is 4.98 Å². The van der Waals surface area contributed by atoms with Crippen LogP contribution in [0, 0.1) is 18.3 Å². The van der Waals surface area contributed by atoms with E-state index in [4.69, 9.17) is 40.1 Å². The zero-order valence-electron chi connectivity index (χ0n) is 9.84. The Labute approximate surface area is 125 Å². The molecule has 0 spiro atoms. The van der Waals surface area contributed by atoms with Gasteiger partial charge in [-0.15, -0.1) is 0 Å². The summed E-state index contributed by atoms with van der Waals surface area (Å²) >= 11 is 17.8. The van der Waals surface area contributed by atoms with Gasteiger partial charge in [0.2, 0.25) is 0 Å². The molecule has 1 heterocycles. The number of hydrogen-bond acceptors (Lipinski definition) is 3. The summed E-state index contributed by atoms with van der Waals surface area (Å²) in [5, 5.41) is 12.4. The van der Waals surface area contributed by atoms with Gasteiger partial charge >= 0.3 is 0 Å². The fourth-order valence-electron chi connectivity index (χ4n) is 1.51. The predicted octanol–water partition coefficient (Wildman–Crippen LogP) is 4.97. The molecule has 1 aromatic carbocycles. The number of halogens is 3. The van der Waals surface area contributed by atoms with Gasteiger partial charge in [0.15, 0.2) is 10.3 Å². The van der Waals surface area contributed by atoms with Crippen molar-refractivity contribution < 1.29 is 0 Å². The SMILES string of the molecule is Cc1ccc(Nc2c(Cl)c(Cl)nc(Cl)c2C#N)cc1. The molecule has 0 unspecified atom stereocenters. The topological polar surface area (TPSA) is 48.7 Å². The first-order valence-corrected chi connectivity index (χ1v) is 6.44. The fourth-order valence-corrected chi connectivity index (χ4v) is 2.14. The summed E-state index contributed by atoms with van der Waals surface area (Å²) in [5.41, 5.74) is 2.43. The molecule has 0 bridgehead atoms. The predicted molar refractivity (Wildman–Crippen MR) is 78.4 cm³/mol. The van der Waals surface area contributed by atoms with Crippen LogP contribution in [0.25, 0.3) is 0 Å². The maximum absolute atomic E-state index is 9.12. The standard InChI is InChI=1S/C13H8Cl3N3/c1-7-2-4-8(5-3-7)18-11-9(6-17)12(15)19-13(16)10(11)14/h2-5H,1H3,(H,18,19). The molecule has 1 aromatic heterocycles. The van der Waals surface area contributed by atoms with Crippen molar-refractivity contribution in [2.45, 2.75) is 6.92 Å². The Balaban J connectivity index is 2.50. The van der Waals surface area contributed by atoms with Crippen LogP contribution in [0.3, 0.4) is 0 Å². The van der Waals surface area contributed by atoms with Crippen molar-refractivity contribution in [2.24, 2.45) is 0 Å². The van der Waals surface area contributed by atoms with E-state index in [0.29, 0.717) is 5.69 Å². The maximum Gasteiger partial charge on any atom is 0.151 e. The molecule has 2 rings (SSSR count). The number of pyridine rings is 1. The van der Waals surface area contributed by atoms with Crippen LogP contribution in [-0.4, -0.2) is 4.98 Å². The Morgan fingerprint density at radius 1 is 1.11 bits per heavy atom. The molecule has 0 radical (unpaired) electrons. The fraction of sp³-hybridized carbons (Fsp3) is 0.0769. The van der Waals surface area contributed by atoms with E-state index in [1.165, 1.54) is 0 Å². The molecule has 1 N–H and O–H groups in total. The van der Waals surface area contributed by atoms with Gasteiger partial charge in [-0.1, -0.05) is 52.5 Å². The monoisotopic (exact) mass is 311 g/mol. The lowest BCUT2D eigenvalue weighted by atomic mass is 10.2. The summed E-state index contributed by atoms with van der Waals surface area (Å²) in [6.45, 7) is 1.98. The number of aromatic nitrogens is 1. The molecule has 0 aliphatic heterocycles. The van der Waals surface area contributed by atoms with Gasteiger partial charge < -0.3 is 5.32 Å². The van der Waals surface area contributed by atoms with E-state index in [-0.39, 0.29) is 20.9 Å². The quantitative estimate of drug-likeness (QED) is 0.797. The highest BCUT2D eigenvalue weighted by molar-refractivity contribution is 6.44. The smallest absolute Gasteiger partial charge is 0.151 e. The largest absolute Gasteiger partial charge is 0.353 e. The molecule has 0 amide bonds. The summed E-state index contributed by atoms with van der Waals surface area (Å²) in [6, 6.07) is 9.58. The van der Waals surface area contributed by atoms with E-state index in [0.717, 1.165) is 11.3 Å². The maximum atomic E-state index is 9.12. The molecule has 0 aliphatic carbocycles. The number of aryl methyl sites for hydroxylation is 1. The minimum absolute atomic E-state index is 0.0199. The minimum atomic E-state index is 0.0199. The highest BCUT2D eigenvalue weighted by Gasteiger charge is 2.16. The van der Waals surface area contributed by atoms with E-state index >= 15 is 0 Å². The van der Waals surface area contributed by atoms with E-state index in [9.17, 15) is 0 Å². The molecule has 0 saturated carbocycles. The zero-order chi connectivity index (χ0) is 14.0. The van der Waals surface area contributed by atoms with Crippen molar-refractivity contribution in [1.29, 1.82) is 5.26 Å². The summed E-state index contributed by atoms with van der Waals surface area (Å²) in [4.78, 5) is 3.80. The lowest BCUT2D eigenvalue weighted by molar-refractivity contribution is 1.29. The van der Waals surface area contributed by atoms with Crippen LogP contribution in [0.2, 0.25) is 15.3 Å². The number of benzene rings is 1. The van der Waals surface area contributed by atoms with Crippen molar-refractivity contribution in [3.8, 4) is 6.07 Å². The van der Waals surface area contributed by atoms with E-state index in [1.807, 2.05) is 37.3 Å². The van der Waals surface area contributed by atoms with Crippen LogP contribution in [-0.2, 0) is 0 Å². The Morgan fingerprint density at radius 2 is 1.74 bits per heavy atom. The van der Waals surface area contributed by atoms with Crippen molar-refractivity contribution in [3.63, 3.8) is 0 Å². The molecular formula is C13H8Cl3N3. The summed E-state index contributed by atoms with van der Waals surface area (Å²) in [6.07, 6.45) is 0. The normalized spacial score (nSPS) is 10.1. The Morgan fingerprint density at radius 3 is 2.32 bits per heavy atom. The molecule has 6 heteroatoms. The van der Waals surface area contributed by atoms with Crippen molar-refractivity contribution in [2.75, 3.05) is 5.32 Å². The van der Waals surface area contributed by atoms with Gasteiger partial charge in [-0.25, -0.2) is 4.98 Å². The van der Waals surface area contributed by atoms with Gasteiger partial charge in [-0.2, -0.15) is 5.26 Å². The molecule has 0 saturated heterocycles. The molecule has 96 valence electrons. The minimum Gasteiger partial charge on any atom is -0.353 e. The summed E-state index contributed by atoms with van der Waals surface area (Å²) in [5.74, 6) is 0. The molecule has 2 aromatic rings. The van der Waals surface area contributed by atoms with E-state index < -0.39 is 0 Å². The van der Waals surface area contributed by atoms with E-state index in [2.05, 4.69) is 10.3 Å². The Hall–Kier alpha value is -1.47. The number of rotatable bonds is 2. The molecule has 0 aliphatic rings. The van der Waals surface area contributed by atoms with Crippen LogP contribution in [0.15, 0.2) is 24.3 Å². The molecular weight excluding hydrogens is 305 g/mol. The number of nitrogens with zero attached hydrogens (tertiary/aromatic N) is 2. The third-order valence-electron chi connectivity index (χ3n) is 2.49. The van der Waals surface area contributed by atoms with Gasteiger partial charge in [0.05, 0.1) is 5.69 Å². The van der Waals surface area contributed by atoms with E-state index in [1.54, 1.807) is 0 Å². The first-order valence-electron chi connectivity index (χ1n) is 5.31. The zero-order valence-corrected chi connectivity index (χ0v) is 12.1. The number of nitriles is 1. The third kappa shape index (κ3) is 2.93. The average molecular weight is 313 g/mol. The highest BCUT2D eigenvalue weighted by atomic mass is 35.5. The second kappa shape index (κ2) is 5.66. The third-order valence-corrected chi connectivity index (χ3v) is 3.50. The highest BCUT2D eigenvalue weighted by Crippen LogP contribution is 2.36. The first kappa shape index (κ1) is 14.0. The number of anilines is 2. The van der Waals surface area contributed by atoms with Gasteiger partial charge in [-0.3, -0.25) is 0 Å². The van der Waals surface area contributed by atoms with Gasteiger partial charge in [-0.05, 0) is 19.1 Å². The van der Waals surface area contributed by atoms with Gasteiger partial charge in [0.25, 0.3) is 0 Å². The van der Waals surface area contributed by atoms with Crippen LogP contribution in [0.5, 0.6) is 0 Å².